The Morgan fingerprint density at radius 3 is 2.48 bits per heavy atom. The number of carbonyl (C=O) groups is 1. The molecule has 1 aromatic carbocycles. The van der Waals surface area contributed by atoms with E-state index < -0.39 is 0 Å². The molecule has 0 fully saturated rings. The summed E-state index contributed by atoms with van der Waals surface area (Å²) in [6, 6.07) is 13.8. The second-order valence-corrected chi connectivity index (χ2v) is 5.99. The molecule has 2 atom stereocenters. The number of furan rings is 1. The van der Waals surface area contributed by atoms with Gasteiger partial charge in [-0.2, -0.15) is 0 Å². The summed E-state index contributed by atoms with van der Waals surface area (Å²) >= 11 is 0. The number of rotatable bonds is 8. The molecule has 0 bridgehead atoms. The molecule has 1 N–H and O–H groups in total. The van der Waals surface area contributed by atoms with Crippen LogP contribution in [-0.4, -0.2) is 31.4 Å². The maximum atomic E-state index is 12.7. The van der Waals surface area contributed by atoms with Crippen molar-refractivity contribution in [2.75, 3.05) is 20.6 Å². The zero-order chi connectivity index (χ0) is 16.7. The maximum absolute atomic E-state index is 12.7. The van der Waals surface area contributed by atoms with Crippen molar-refractivity contribution in [1.82, 2.24) is 10.2 Å². The third kappa shape index (κ3) is 4.70. The lowest BCUT2D eigenvalue weighted by Crippen LogP contribution is -2.37. The Hall–Kier alpha value is -2.07. The molecule has 4 nitrogen and oxygen atoms in total. The Morgan fingerprint density at radius 2 is 1.91 bits per heavy atom. The number of nitrogens with zero attached hydrogens (tertiary/aromatic N) is 1. The van der Waals surface area contributed by atoms with Gasteiger partial charge in [-0.1, -0.05) is 43.7 Å². The van der Waals surface area contributed by atoms with Crippen molar-refractivity contribution in [3.8, 4) is 0 Å². The van der Waals surface area contributed by atoms with Crippen LogP contribution in [0.15, 0.2) is 53.1 Å². The molecule has 124 valence electrons. The number of amides is 1. The fourth-order valence-electron chi connectivity index (χ4n) is 2.76. The van der Waals surface area contributed by atoms with Gasteiger partial charge in [0.05, 0.1) is 18.2 Å². The molecule has 0 aliphatic heterocycles. The highest BCUT2D eigenvalue weighted by Gasteiger charge is 2.22. The fraction of sp³-hybridized carbons (Fsp3) is 0.421. The van der Waals surface area contributed by atoms with E-state index in [4.69, 9.17) is 4.42 Å². The first kappa shape index (κ1) is 17.3. The molecule has 0 radical (unpaired) electrons. The minimum absolute atomic E-state index is 0.0343. The minimum atomic E-state index is -0.0967. The van der Waals surface area contributed by atoms with Gasteiger partial charge in [-0.15, -0.1) is 0 Å². The molecular formula is C19H26N2O2. The van der Waals surface area contributed by atoms with Gasteiger partial charge in [0.1, 0.15) is 5.76 Å². The van der Waals surface area contributed by atoms with Gasteiger partial charge in [-0.3, -0.25) is 9.69 Å². The topological polar surface area (TPSA) is 45.5 Å². The summed E-state index contributed by atoms with van der Waals surface area (Å²) in [5, 5.41) is 3.10. The highest BCUT2D eigenvalue weighted by Crippen LogP contribution is 2.22. The quantitative estimate of drug-likeness (QED) is 0.810. The molecular weight excluding hydrogens is 288 g/mol. The van der Waals surface area contributed by atoms with E-state index in [1.54, 1.807) is 6.26 Å². The summed E-state index contributed by atoms with van der Waals surface area (Å²) in [5.74, 6) is 0.846. The number of hydrogen-bond acceptors (Lipinski definition) is 3. The number of hydrogen-bond donors (Lipinski definition) is 1. The molecule has 23 heavy (non-hydrogen) atoms. The second-order valence-electron chi connectivity index (χ2n) is 5.99. The molecule has 0 spiro atoms. The SMILES string of the molecule is CCCC(C(=O)NCC(c1ccco1)N(C)C)c1ccccc1. The van der Waals surface area contributed by atoms with E-state index in [9.17, 15) is 4.79 Å². The molecule has 0 aliphatic carbocycles. The Balaban J connectivity index is 2.03. The van der Waals surface area contributed by atoms with Crippen LogP contribution in [0.3, 0.4) is 0 Å². The van der Waals surface area contributed by atoms with Crippen molar-refractivity contribution in [1.29, 1.82) is 0 Å². The molecule has 4 heteroatoms. The third-order valence-corrected chi connectivity index (χ3v) is 4.06. The first-order chi connectivity index (χ1) is 11.1. The lowest BCUT2D eigenvalue weighted by Gasteiger charge is -2.24. The van der Waals surface area contributed by atoms with Crippen molar-refractivity contribution >= 4 is 5.91 Å². The highest BCUT2D eigenvalue weighted by molar-refractivity contribution is 5.83. The smallest absolute Gasteiger partial charge is 0.227 e. The van der Waals surface area contributed by atoms with Crippen molar-refractivity contribution in [2.45, 2.75) is 31.7 Å². The van der Waals surface area contributed by atoms with Crippen molar-refractivity contribution in [3.63, 3.8) is 0 Å². The lowest BCUT2D eigenvalue weighted by molar-refractivity contribution is -0.123. The Bertz CT molecular complexity index is 579. The van der Waals surface area contributed by atoms with Crippen LogP contribution in [-0.2, 0) is 4.79 Å². The Labute approximate surface area is 138 Å². The zero-order valence-electron chi connectivity index (χ0n) is 14.2. The average molecular weight is 314 g/mol. The normalized spacial score (nSPS) is 13.7. The largest absolute Gasteiger partial charge is 0.468 e. The first-order valence-corrected chi connectivity index (χ1v) is 8.16. The number of likely N-dealkylation sites (N-methyl/N-ethyl adjacent to an activating group) is 1. The van der Waals surface area contributed by atoms with Crippen LogP contribution >= 0.6 is 0 Å². The zero-order valence-corrected chi connectivity index (χ0v) is 14.2. The van der Waals surface area contributed by atoms with Gasteiger partial charge in [-0.25, -0.2) is 0 Å². The Morgan fingerprint density at radius 1 is 1.17 bits per heavy atom. The summed E-state index contributed by atoms with van der Waals surface area (Å²) in [6.07, 6.45) is 3.49. The van der Waals surface area contributed by atoms with Crippen LogP contribution in [0.2, 0.25) is 0 Å². The van der Waals surface area contributed by atoms with Crippen molar-refractivity contribution in [2.24, 2.45) is 0 Å². The van der Waals surface area contributed by atoms with Gasteiger partial charge in [0.2, 0.25) is 5.91 Å². The summed E-state index contributed by atoms with van der Waals surface area (Å²) in [7, 11) is 3.97. The molecule has 2 unspecified atom stereocenters. The lowest BCUT2D eigenvalue weighted by atomic mass is 9.93. The van der Waals surface area contributed by atoms with Crippen LogP contribution in [0.4, 0.5) is 0 Å². The Kier molecular flexibility index (Phi) is 6.41. The predicted molar refractivity (Wildman–Crippen MR) is 92.2 cm³/mol. The van der Waals surface area contributed by atoms with E-state index in [2.05, 4.69) is 17.1 Å². The molecule has 2 aromatic rings. The summed E-state index contributed by atoms with van der Waals surface area (Å²) < 4.78 is 5.49. The van der Waals surface area contributed by atoms with Gasteiger partial charge in [0.25, 0.3) is 0 Å². The van der Waals surface area contributed by atoms with E-state index in [0.29, 0.717) is 6.54 Å². The summed E-state index contributed by atoms with van der Waals surface area (Å²) in [5.41, 5.74) is 1.08. The molecule has 0 saturated heterocycles. The molecule has 0 aliphatic rings. The molecule has 1 aromatic heterocycles. The highest BCUT2D eigenvalue weighted by atomic mass is 16.3. The van der Waals surface area contributed by atoms with Crippen molar-refractivity contribution < 1.29 is 9.21 Å². The number of nitrogens with one attached hydrogen (secondary N) is 1. The number of benzene rings is 1. The van der Waals surface area contributed by atoms with Gasteiger partial charge in [-0.05, 0) is 38.2 Å². The van der Waals surface area contributed by atoms with E-state index in [1.165, 1.54) is 0 Å². The average Bonchev–Trinajstić information content (AvgIpc) is 3.07. The van der Waals surface area contributed by atoms with Crippen LogP contribution in [0.5, 0.6) is 0 Å². The van der Waals surface area contributed by atoms with Crippen LogP contribution in [0.25, 0.3) is 0 Å². The standard InChI is InChI=1S/C19H26N2O2/c1-4-9-16(15-10-6-5-7-11-15)19(22)20-14-17(21(2)3)18-12-8-13-23-18/h5-8,10-13,16-17H,4,9,14H2,1-3H3,(H,20,22). The van der Waals surface area contributed by atoms with E-state index in [0.717, 1.165) is 24.2 Å². The van der Waals surface area contributed by atoms with Gasteiger partial charge >= 0.3 is 0 Å². The van der Waals surface area contributed by atoms with E-state index in [1.807, 2.05) is 56.6 Å². The predicted octanol–water partition coefficient (Wildman–Crippen LogP) is 3.58. The summed E-state index contributed by atoms with van der Waals surface area (Å²) in [6.45, 7) is 2.64. The number of carbonyl (C=O) groups excluding carboxylic acids is 1. The molecule has 1 amide bonds. The monoisotopic (exact) mass is 314 g/mol. The van der Waals surface area contributed by atoms with Crippen LogP contribution in [0, 0.1) is 0 Å². The van der Waals surface area contributed by atoms with E-state index >= 15 is 0 Å². The summed E-state index contributed by atoms with van der Waals surface area (Å²) in [4.78, 5) is 14.7. The van der Waals surface area contributed by atoms with Crippen LogP contribution in [0.1, 0.15) is 43.0 Å². The van der Waals surface area contributed by atoms with Crippen molar-refractivity contribution in [3.05, 3.63) is 60.1 Å². The second kappa shape index (κ2) is 8.53. The molecule has 1 heterocycles. The van der Waals surface area contributed by atoms with Gasteiger partial charge in [0.15, 0.2) is 0 Å². The van der Waals surface area contributed by atoms with Crippen LogP contribution < -0.4 is 5.32 Å². The minimum Gasteiger partial charge on any atom is -0.468 e. The van der Waals surface area contributed by atoms with E-state index in [-0.39, 0.29) is 17.9 Å². The molecule has 0 saturated carbocycles. The third-order valence-electron chi connectivity index (χ3n) is 4.06. The fourth-order valence-corrected chi connectivity index (χ4v) is 2.76. The van der Waals surface area contributed by atoms with Gasteiger partial charge in [0, 0.05) is 6.54 Å². The molecule has 2 rings (SSSR count). The van der Waals surface area contributed by atoms with Gasteiger partial charge < -0.3 is 9.73 Å². The maximum Gasteiger partial charge on any atom is 0.227 e. The first-order valence-electron chi connectivity index (χ1n) is 8.16.